The molecule has 0 spiro atoms. The van der Waals surface area contributed by atoms with Gasteiger partial charge in [0, 0.05) is 25.0 Å². The van der Waals surface area contributed by atoms with Crippen molar-refractivity contribution in [2.75, 3.05) is 23.2 Å². The summed E-state index contributed by atoms with van der Waals surface area (Å²) in [7, 11) is -2.26. The number of anilines is 2. The van der Waals surface area contributed by atoms with Crippen LogP contribution in [0.5, 0.6) is 0 Å². The molecular formula is C22H24N4O3S. The maximum Gasteiger partial charge on any atom is 0.264 e. The Bertz CT molecular complexity index is 1090. The van der Waals surface area contributed by atoms with Crippen LogP contribution in [0.3, 0.4) is 0 Å². The number of para-hydroxylation sites is 1. The number of rotatable bonds is 8. The van der Waals surface area contributed by atoms with Crippen LogP contribution in [0.15, 0.2) is 83.9 Å². The maximum atomic E-state index is 12.9. The van der Waals surface area contributed by atoms with Gasteiger partial charge in [0.15, 0.2) is 0 Å². The smallest absolute Gasteiger partial charge is 0.264 e. The first-order valence-electron chi connectivity index (χ1n) is 9.46. The Kier molecular flexibility index (Phi) is 6.81. The molecule has 1 atom stereocenters. The molecule has 0 aliphatic carbocycles. The molecular weight excluding hydrogens is 400 g/mol. The molecule has 0 saturated carbocycles. The van der Waals surface area contributed by atoms with E-state index >= 15 is 0 Å². The number of benzene rings is 2. The molecule has 1 unspecified atom stereocenters. The summed E-state index contributed by atoms with van der Waals surface area (Å²) in [6.45, 7) is 1.99. The van der Waals surface area contributed by atoms with Crippen LogP contribution < -0.4 is 14.9 Å². The highest BCUT2D eigenvalue weighted by Gasteiger charge is 2.21. The zero-order chi connectivity index (χ0) is 21.6. The van der Waals surface area contributed by atoms with E-state index in [0.29, 0.717) is 11.4 Å². The second-order valence-electron chi connectivity index (χ2n) is 6.74. The number of hydrogen-bond donors (Lipinski definition) is 2. The van der Waals surface area contributed by atoms with Crippen molar-refractivity contribution in [3.63, 3.8) is 0 Å². The van der Waals surface area contributed by atoms with Crippen molar-refractivity contribution in [2.45, 2.75) is 17.9 Å². The monoisotopic (exact) mass is 424 g/mol. The summed E-state index contributed by atoms with van der Waals surface area (Å²) in [6.07, 6.45) is 1.70. The molecule has 0 radical (unpaired) electrons. The summed E-state index contributed by atoms with van der Waals surface area (Å²) in [4.78, 5) is 16.7. The molecule has 3 aromatic rings. The lowest BCUT2D eigenvalue weighted by Gasteiger charge is -2.20. The average Bonchev–Trinajstić information content (AvgIpc) is 2.78. The number of nitrogens with zero attached hydrogens (tertiary/aromatic N) is 2. The largest absolute Gasteiger partial charge is 0.325 e. The van der Waals surface area contributed by atoms with E-state index in [9.17, 15) is 13.2 Å². The van der Waals surface area contributed by atoms with Gasteiger partial charge in [-0.05, 0) is 49.4 Å². The second-order valence-corrected chi connectivity index (χ2v) is 8.71. The topological polar surface area (TPSA) is 91.4 Å². The van der Waals surface area contributed by atoms with Crippen LogP contribution in [0.1, 0.15) is 18.7 Å². The predicted molar refractivity (Wildman–Crippen MR) is 118 cm³/mol. The van der Waals surface area contributed by atoms with Crippen LogP contribution in [0, 0.1) is 0 Å². The van der Waals surface area contributed by atoms with Crippen molar-refractivity contribution >= 4 is 27.3 Å². The van der Waals surface area contributed by atoms with Gasteiger partial charge in [0.1, 0.15) is 0 Å². The number of pyridine rings is 1. The van der Waals surface area contributed by atoms with Crippen molar-refractivity contribution in [1.82, 2.24) is 10.3 Å². The highest BCUT2D eigenvalue weighted by atomic mass is 32.2. The molecule has 0 fully saturated rings. The SMILES string of the molecule is CC(NCC(=O)Nc1cccc(S(=O)(=O)N(C)c2ccccc2)c1)c1ccccn1. The highest BCUT2D eigenvalue weighted by molar-refractivity contribution is 7.92. The molecule has 1 aromatic heterocycles. The van der Waals surface area contributed by atoms with Crippen molar-refractivity contribution in [3.8, 4) is 0 Å². The fourth-order valence-corrected chi connectivity index (χ4v) is 4.10. The van der Waals surface area contributed by atoms with Gasteiger partial charge in [-0.1, -0.05) is 30.3 Å². The molecule has 2 N–H and O–H groups in total. The lowest BCUT2D eigenvalue weighted by molar-refractivity contribution is -0.115. The standard InChI is InChI=1S/C22H24N4O3S/c1-17(21-13-6-7-14-23-21)24-16-22(27)25-18-9-8-12-20(15-18)30(28,29)26(2)19-10-4-3-5-11-19/h3-15,17,24H,16H2,1-2H3,(H,25,27). The highest BCUT2D eigenvalue weighted by Crippen LogP contribution is 2.23. The molecule has 7 nitrogen and oxygen atoms in total. The van der Waals surface area contributed by atoms with E-state index in [0.717, 1.165) is 5.69 Å². The Labute approximate surface area is 176 Å². The Morgan fingerprint density at radius 1 is 1.03 bits per heavy atom. The summed E-state index contributed by atoms with van der Waals surface area (Å²) in [6, 6.07) is 20.5. The minimum Gasteiger partial charge on any atom is -0.325 e. The molecule has 1 heterocycles. The molecule has 2 aromatic carbocycles. The molecule has 0 saturated heterocycles. The minimum absolute atomic E-state index is 0.0681. The van der Waals surface area contributed by atoms with Gasteiger partial charge in [0.25, 0.3) is 10.0 Å². The zero-order valence-electron chi connectivity index (χ0n) is 16.8. The van der Waals surface area contributed by atoms with Crippen LogP contribution in [0.25, 0.3) is 0 Å². The second kappa shape index (κ2) is 9.51. The first-order chi connectivity index (χ1) is 14.4. The lowest BCUT2D eigenvalue weighted by Crippen LogP contribution is -2.30. The minimum atomic E-state index is -3.75. The van der Waals surface area contributed by atoms with Gasteiger partial charge in [0.2, 0.25) is 5.91 Å². The Morgan fingerprint density at radius 2 is 1.77 bits per heavy atom. The van der Waals surface area contributed by atoms with Crippen LogP contribution in [0.4, 0.5) is 11.4 Å². The third-order valence-electron chi connectivity index (χ3n) is 4.60. The summed E-state index contributed by atoms with van der Waals surface area (Å²) in [5.74, 6) is -0.274. The molecule has 0 aliphatic rings. The van der Waals surface area contributed by atoms with Gasteiger partial charge < -0.3 is 10.6 Å². The van der Waals surface area contributed by atoms with Crippen molar-refractivity contribution in [2.24, 2.45) is 0 Å². The van der Waals surface area contributed by atoms with E-state index in [4.69, 9.17) is 0 Å². The quantitative estimate of drug-likeness (QED) is 0.579. The number of nitrogens with one attached hydrogen (secondary N) is 2. The van der Waals surface area contributed by atoms with E-state index in [1.54, 1.807) is 42.6 Å². The molecule has 0 aliphatic heterocycles. The maximum absolute atomic E-state index is 12.9. The van der Waals surface area contributed by atoms with Crippen LogP contribution >= 0.6 is 0 Å². The number of carbonyl (C=O) groups excluding carboxylic acids is 1. The zero-order valence-corrected chi connectivity index (χ0v) is 17.6. The molecule has 0 bridgehead atoms. The van der Waals surface area contributed by atoms with E-state index in [1.165, 1.54) is 23.5 Å². The third-order valence-corrected chi connectivity index (χ3v) is 6.38. The Balaban J connectivity index is 1.65. The van der Waals surface area contributed by atoms with Crippen LogP contribution in [-0.4, -0.2) is 32.9 Å². The third kappa shape index (κ3) is 5.22. The predicted octanol–water partition coefficient (Wildman–Crippen LogP) is 3.20. The molecule has 30 heavy (non-hydrogen) atoms. The number of carbonyl (C=O) groups is 1. The normalized spacial score (nSPS) is 12.2. The first-order valence-corrected chi connectivity index (χ1v) is 10.9. The van der Waals surface area contributed by atoms with Crippen molar-refractivity contribution in [3.05, 3.63) is 84.7 Å². The molecule has 3 rings (SSSR count). The fourth-order valence-electron chi connectivity index (χ4n) is 2.86. The van der Waals surface area contributed by atoms with Gasteiger partial charge in [-0.2, -0.15) is 0 Å². The Hall–Kier alpha value is -3.23. The number of amides is 1. The average molecular weight is 425 g/mol. The molecule has 156 valence electrons. The molecule has 1 amide bonds. The summed E-state index contributed by atoms with van der Waals surface area (Å²) in [5, 5.41) is 5.84. The van der Waals surface area contributed by atoms with Gasteiger partial charge in [-0.15, -0.1) is 0 Å². The van der Waals surface area contributed by atoms with Crippen molar-refractivity contribution < 1.29 is 13.2 Å². The van der Waals surface area contributed by atoms with Crippen molar-refractivity contribution in [1.29, 1.82) is 0 Å². The summed E-state index contributed by atoms with van der Waals surface area (Å²) in [5.41, 5.74) is 1.80. The van der Waals surface area contributed by atoms with Crippen LogP contribution in [0.2, 0.25) is 0 Å². The molecule has 8 heteroatoms. The fraction of sp³-hybridized carbons (Fsp3) is 0.182. The van der Waals surface area contributed by atoms with Gasteiger partial charge in [-0.3, -0.25) is 14.1 Å². The number of hydrogen-bond acceptors (Lipinski definition) is 5. The van der Waals surface area contributed by atoms with E-state index in [2.05, 4.69) is 15.6 Å². The first kappa shape index (κ1) is 21.5. The van der Waals surface area contributed by atoms with E-state index < -0.39 is 10.0 Å². The van der Waals surface area contributed by atoms with E-state index in [1.807, 2.05) is 31.2 Å². The number of aromatic nitrogens is 1. The van der Waals surface area contributed by atoms with Gasteiger partial charge in [-0.25, -0.2) is 8.42 Å². The van der Waals surface area contributed by atoms with E-state index in [-0.39, 0.29) is 23.4 Å². The summed E-state index contributed by atoms with van der Waals surface area (Å²) >= 11 is 0. The lowest BCUT2D eigenvalue weighted by atomic mass is 10.2. The summed E-state index contributed by atoms with van der Waals surface area (Å²) < 4.78 is 27.1. The van der Waals surface area contributed by atoms with Gasteiger partial charge >= 0.3 is 0 Å². The van der Waals surface area contributed by atoms with Crippen LogP contribution in [-0.2, 0) is 14.8 Å². The Morgan fingerprint density at radius 3 is 2.47 bits per heavy atom. The van der Waals surface area contributed by atoms with Gasteiger partial charge in [0.05, 0.1) is 22.8 Å². The number of sulfonamides is 1.